The molecular weight excluding hydrogens is 528 g/mol. The average Bonchev–Trinajstić information content (AvgIpc) is 3.28. The van der Waals surface area contributed by atoms with Crippen LogP contribution in [0.25, 0.3) is 11.3 Å². The number of benzene rings is 2. The van der Waals surface area contributed by atoms with Crippen molar-refractivity contribution in [1.82, 2.24) is 10.2 Å². The highest BCUT2D eigenvalue weighted by Gasteiger charge is 2.32. The first-order chi connectivity index (χ1) is 16.0. The minimum atomic E-state index is -0.244. The third-order valence-corrected chi connectivity index (χ3v) is 7.16. The van der Waals surface area contributed by atoms with Crippen molar-refractivity contribution in [3.63, 3.8) is 0 Å². The molecule has 0 saturated carbocycles. The maximum Gasteiger partial charge on any atom is 0.123 e. The number of hydrogen-bond acceptors (Lipinski definition) is 3. The van der Waals surface area contributed by atoms with Crippen LogP contribution < -0.4 is 5.32 Å². The van der Waals surface area contributed by atoms with E-state index in [0.29, 0.717) is 22.5 Å². The first-order valence-corrected chi connectivity index (χ1v) is 13.0. The van der Waals surface area contributed by atoms with Gasteiger partial charge >= 0.3 is 0 Å². The monoisotopic (exact) mass is 560 g/mol. The Kier molecular flexibility index (Phi) is 8.44. The predicted octanol–water partition coefficient (Wildman–Crippen LogP) is 5.16. The Morgan fingerprint density at radius 1 is 1.12 bits per heavy atom. The van der Waals surface area contributed by atoms with Crippen LogP contribution in [-0.2, 0) is 11.2 Å². The molecule has 0 bridgehead atoms. The van der Waals surface area contributed by atoms with E-state index < -0.39 is 0 Å². The molecule has 1 aliphatic heterocycles. The van der Waals surface area contributed by atoms with Crippen LogP contribution in [0.4, 0.5) is 4.39 Å². The molecule has 174 valence electrons. The fourth-order valence-electron chi connectivity index (χ4n) is 4.64. The second-order valence-corrected chi connectivity index (χ2v) is 10.8. The number of nitrogens with zero attached hydrogens (tertiary/aromatic N) is 2. The second-order valence-electron chi connectivity index (χ2n) is 8.91. The number of aryl methyl sites for hydroxylation is 2. The number of rotatable bonds is 9. The Morgan fingerprint density at radius 2 is 1.88 bits per heavy atom. The maximum atomic E-state index is 13.3. The summed E-state index contributed by atoms with van der Waals surface area (Å²) < 4.78 is 20.0. The Labute approximate surface area is 209 Å². The van der Waals surface area contributed by atoms with E-state index in [9.17, 15) is 4.39 Å². The van der Waals surface area contributed by atoms with E-state index >= 15 is 0 Å². The number of ether oxygens (including phenoxy) is 1. The summed E-state index contributed by atoms with van der Waals surface area (Å²) in [4.78, 5) is 0. The Hall–Kier alpha value is -1.90. The Morgan fingerprint density at radius 3 is 2.61 bits per heavy atom. The molecule has 2 heterocycles. The highest BCUT2D eigenvalue weighted by Crippen LogP contribution is 2.28. The second kappa shape index (κ2) is 11.5. The Balaban J connectivity index is 1.30. The first-order valence-electron chi connectivity index (χ1n) is 11.8. The van der Waals surface area contributed by atoms with E-state index in [4.69, 9.17) is 4.74 Å². The van der Waals surface area contributed by atoms with Crippen LogP contribution in [0.3, 0.4) is 0 Å². The summed E-state index contributed by atoms with van der Waals surface area (Å²) in [5.74, 6) is 0.312. The standard InChI is InChI=1S/C27H31FIN3O/c1-18-16-23(27(32-31-18)22-9-11-24(28)12-10-22)4-3-15-33-17-26-25(13-14-30-26)21-7-5-20(6-8-21)19(2)29/h5-12,16,19,25-26,30H,3-4,13-15,17H2,1-2H3/p+1/t19?,25-,26-/m1/s1. The lowest BCUT2D eigenvalue weighted by atomic mass is 9.91. The van der Waals surface area contributed by atoms with E-state index in [1.165, 1.54) is 29.7 Å². The molecule has 1 aromatic heterocycles. The molecule has 2 N–H and O–H groups in total. The van der Waals surface area contributed by atoms with Crippen LogP contribution in [0.1, 0.15) is 52.0 Å². The lowest BCUT2D eigenvalue weighted by Crippen LogP contribution is -2.88. The molecule has 0 spiro atoms. The van der Waals surface area contributed by atoms with Crippen LogP contribution in [-0.4, -0.2) is 36.0 Å². The van der Waals surface area contributed by atoms with E-state index in [2.05, 4.69) is 75.4 Å². The molecule has 3 aromatic rings. The summed E-state index contributed by atoms with van der Waals surface area (Å²) in [6.45, 7) is 6.82. The van der Waals surface area contributed by atoms with Gasteiger partial charge in [-0.05, 0) is 73.7 Å². The lowest BCUT2D eigenvalue weighted by molar-refractivity contribution is -0.673. The minimum Gasteiger partial charge on any atom is -0.375 e. The van der Waals surface area contributed by atoms with Gasteiger partial charge in [0, 0.05) is 28.4 Å². The minimum absolute atomic E-state index is 0.244. The molecule has 4 rings (SSSR count). The third-order valence-electron chi connectivity index (χ3n) is 6.45. The van der Waals surface area contributed by atoms with Gasteiger partial charge in [-0.2, -0.15) is 5.10 Å². The van der Waals surface area contributed by atoms with Gasteiger partial charge in [0.25, 0.3) is 0 Å². The van der Waals surface area contributed by atoms with Crippen molar-refractivity contribution >= 4 is 22.6 Å². The normalized spacial score (nSPS) is 19.0. The largest absolute Gasteiger partial charge is 0.375 e. The molecule has 1 fully saturated rings. The zero-order valence-electron chi connectivity index (χ0n) is 19.3. The van der Waals surface area contributed by atoms with Crippen molar-refractivity contribution in [3.8, 4) is 11.3 Å². The van der Waals surface area contributed by atoms with E-state index in [-0.39, 0.29) is 5.82 Å². The quantitative estimate of drug-likeness (QED) is 0.224. The number of nitrogens with two attached hydrogens (primary N) is 1. The van der Waals surface area contributed by atoms with Crippen molar-refractivity contribution in [2.24, 2.45) is 0 Å². The molecule has 33 heavy (non-hydrogen) atoms. The number of hydrogen-bond donors (Lipinski definition) is 1. The van der Waals surface area contributed by atoms with Crippen molar-refractivity contribution in [1.29, 1.82) is 0 Å². The van der Waals surface area contributed by atoms with Gasteiger partial charge in [0.05, 0.1) is 24.5 Å². The molecule has 0 radical (unpaired) electrons. The number of alkyl halides is 1. The van der Waals surface area contributed by atoms with Crippen LogP contribution in [0.15, 0.2) is 54.6 Å². The van der Waals surface area contributed by atoms with Gasteiger partial charge in [-0.3, -0.25) is 0 Å². The van der Waals surface area contributed by atoms with Gasteiger partial charge in [0.1, 0.15) is 11.9 Å². The van der Waals surface area contributed by atoms with Gasteiger partial charge in [-0.1, -0.05) is 46.9 Å². The summed E-state index contributed by atoms with van der Waals surface area (Å²) in [5, 5.41) is 11.0. The summed E-state index contributed by atoms with van der Waals surface area (Å²) in [6, 6.07) is 18.2. The molecule has 3 atom stereocenters. The average molecular weight is 560 g/mol. The third kappa shape index (κ3) is 6.37. The molecular formula is C27H32FIN3O+. The zero-order chi connectivity index (χ0) is 23.2. The smallest absolute Gasteiger partial charge is 0.123 e. The maximum absolute atomic E-state index is 13.3. The molecule has 4 nitrogen and oxygen atoms in total. The number of aromatic nitrogens is 2. The zero-order valence-corrected chi connectivity index (χ0v) is 21.5. The SMILES string of the molecule is Cc1cc(CCCOC[C@H]2[NH2+]CC[C@@H]2c2ccc(C(C)I)cc2)c(-c2ccc(F)cc2)nn1. The van der Waals surface area contributed by atoms with E-state index in [0.717, 1.165) is 48.5 Å². The molecule has 6 heteroatoms. The Bertz CT molecular complexity index is 1040. The topological polar surface area (TPSA) is 51.6 Å². The number of quaternary nitrogens is 1. The fourth-order valence-corrected chi connectivity index (χ4v) is 5.06. The van der Waals surface area contributed by atoms with Crippen molar-refractivity contribution in [2.75, 3.05) is 19.8 Å². The van der Waals surface area contributed by atoms with E-state index in [1.54, 1.807) is 12.1 Å². The molecule has 2 aromatic carbocycles. The highest BCUT2D eigenvalue weighted by atomic mass is 127. The molecule has 0 aliphatic carbocycles. The van der Waals surface area contributed by atoms with Crippen LogP contribution in [0, 0.1) is 12.7 Å². The molecule has 0 amide bonds. The summed E-state index contributed by atoms with van der Waals surface area (Å²) >= 11 is 2.46. The van der Waals surface area contributed by atoms with Gasteiger partial charge in [-0.15, -0.1) is 5.10 Å². The summed E-state index contributed by atoms with van der Waals surface area (Å²) in [7, 11) is 0. The first kappa shape index (κ1) is 24.2. The fraction of sp³-hybridized carbons (Fsp3) is 0.407. The number of halogens is 2. The van der Waals surface area contributed by atoms with E-state index in [1.807, 2.05) is 6.92 Å². The predicted molar refractivity (Wildman–Crippen MR) is 138 cm³/mol. The van der Waals surface area contributed by atoms with Crippen LogP contribution in [0.5, 0.6) is 0 Å². The van der Waals surface area contributed by atoms with Crippen LogP contribution in [0.2, 0.25) is 0 Å². The highest BCUT2D eigenvalue weighted by molar-refractivity contribution is 14.1. The van der Waals surface area contributed by atoms with Crippen molar-refractivity contribution in [3.05, 3.63) is 82.8 Å². The van der Waals surface area contributed by atoms with Gasteiger partial charge in [0.2, 0.25) is 0 Å². The lowest BCUT2D eigenvalue weighted by Gasteiger charge is -2.18. The molecule has 1 saturated heterocycles. The van der Waals surface area contributed by atoms with Gasteiger partial charge in [0.15, 0.2) is 0 Å². The van der Waals surface area contributed by atoms with Crippen molar-refractivity contribution in [2.45, 2.75) is 49.0 Å². The molecule has 1 unspecified atom stereocenters. The van der Waals surface area contributed by atoms with Crippen LogP contribution >= 0.6 is 22.6 Å². The van der Waals surface area contributed by atoms with Crippen molar-refractivity contribution < 1.29 is 14.4 Å². The molecule has 1 aliphatic rings. The summed E-state index contributed by atoms with van der Waals surface area (Å²) in [5.41, 5.74) is 6.56. The van der Waals surface area contributed by atoms with Gasteiger partial charge in [-0.25, -0.2) is 4.39 Å². The summed E-state index contributed by atoms with van der Waals surface area (Å²) in [6.07, 6.45) is 2.98. The van der Waals surface area contributed by atoms with Gasteiger partial charge < -0.3 is 10.1 Å².